The zero-order valence-electron chi connectivity index (χ0n) is 11.9. The van der Waals surface area contributed by atoms with Crippen molar-refractivity contribution in [2.24, 2.45) is 0 Å². The predicted molar refractivity (Wildman–Crippen MR) is 81.6 cm³/mol. The Labute approximate surface area is 127 Å². The highest BCUT2D eigenvalue weighted by atomic mass is 32.2. The summed E-state index contributed by atoms with van der Waals surface area (Å²) < 4.78 is 23.9. The first-order valence-corrected chi connectivity index (χ1v) is 7.41. The van der Waals surface area contributed by atoms with E-state index < -0.39 is 6.10 Å². The van der Waals surface area contributed by atoms with E-state index in [2.05, 4.69) is 0 Å². The molecule has 0 aliphatic rings. The standard InChI is InChI=1S/C16H17FO3S/c1-19-11-7-8-12(15(9-11)20-2)14(18)10-21-16-6-4-3-5-13(16)17/h3-9,14,18H,10H2,1-2H3. The van der Waals surface area contributed by atoms with Crippen LogP contribution >= 0.6 is 11.8 Å². The summed E-state index contributed by atoms with van der Waals surface area (Å²) in [5, 5.41) is 10.3. The molecule has 0 saturated heterocycles. The summed E-state index contributed by atoms with van der Waals surface area (Å²) >= 11 is 1.27. The molecule has 0 aliphatic heterocycles. The van der Waals surface area contributed by atoms with Crippen molar-refractivity contribution in [3.8, 4) is 11.5 Å². The van der Waals surface area contributed by atoms with Gasteiger partial charge in [-0.15, -0.1) is 11.8 Å². The van der Waals surface area contributed by atoms with Crippen LogP contribution in [0.2, 0.25) is 0 Å². The third-order valence-electron chi connectivity index (χ3n) is 3.03. The molecular formula is C16H17FO3S. The average molecular weight is 308 g/mol. The third-order valence-corrected chi connectivity index (χ3v) is 4.16. The van der Waals surface area contributed by atoms with Crippen LogP contribution in [0.5, 0.6) is 11.5 Å². The Morgan fingerprint density at radius 1 is 1.14 bits per heavy atom. The molecule has 1 unspecified atom stereocenters. The van der Waals surface area contributed by atoms with E-state index >= 15 is 0 Å². The molecular weight excluding hydrogens is 291 g/mol. The number of aliphatic hydroxyl groups excluding tert-OH is 1. The van der Waals surface area contributed by atoms with Gasteiger partial charge in [-0.3, -0.25) is 0 Å². The lowest BCUT2D eigenvalue weighted by molar-refractivity contribution is 0.198. The summed E-state index contributed by atoms with van der Waals surface area (Å²) in [5.41, 5.74) is 0.655. The normalized spacial score (nSPS) is 12.0. The Morgan fingerprint density at radius 2 is 1.90 bits per heavy atom. The van der Waals surface area contributed by atoms with Crippen LogP contribution in [0.3, 0.4) is 0 Å². The second-order valence-electron chi connectivity index (χ2n) is 4.37. The molecule has 0 heterocycles. The fourth-order valence-electron chi connectivity index (χ4n) is 1.91. The maximum Gasteiger partial charge on any atom is 0.136 e. The van der Waals surface area contributed by atoms with Gasteiger partial charge in [0, 0.05) is 22.3 Å². The van der Waals surface area contributed by atoms with Gasteiger partial charge in [0.25, 0.3) is 0 Å². The summed E-state index contributed by atoms with van der Waals surface area (Å²) in [5.74, 6) is 1.26. The molecule has 0 fully saturated rings. The largest absolute Gasteiger partial charge is 0.497 e. The summed E-state index contributed by atoms with van der Waals surface area (Å²) in [4.78, 5) is 0.518. The number of aliphatic hydroxyl groups is 1. The second kappa shape index (κ2) is 7.33. The highest BCUT2D eigenvalue weighted by molar-refractivity contribution is 7.99. The van der Waals surface area contributed by atoms with Crippen molar-refractivity contribution in [3.05, 3.63) is 53.8 Å². The molecule has 0 amide bonds. The topological polar surface area (TPSA) is 38.7 Å². The maximum absolute atomic E-state index is 13.5. The highest BCUT2D eigenvalue weighted by Crippen LogP contribution is 2.33. The van der Waals surface area contributed by atoms with Crippen LogP contribution in [-0.4, -0.2) is 25.1 Å². The Balaban J connectivity index is 2.10. The number of thioether (sulfide) groups is 1. The fraction of sp³-hybridized carbons (Fsp3) is 0.250. The Bertz CT molecular complexity index is 604. The van der Waals surface area contributed by atoms with Crippen LogP contribution in [0.4, 0.5) is 4.39 Å². The minimum Gasteiger partial charge on any atom is -0.497 e. The molecule has 0 saturated carbocycles. The molecule has 2 aromatic carbocycles. The number of halogens is 1. The van der Waals surface area contributed by atoms with Gasteiger partial charge in [-0.05, 0) is 24.3 Å². The first-order valence-electron chi connectivity index (χ1n) is 6.43. The first-order chi connectivity index (χ1) is 10.2. The van der Waals surface area contributed by atoms with Crippen molar-refractivity contribution in [2.45, 2.75) is 11.0 Å². The van der Waals surface area contributed by atoms with E-state index in [1.807, 2.05) is 0 Å². The van der Waals surface area contributed by atoms with Crippen molar-refractivity contribution < 1.29 is 19.0 Å². The molecule has 112 valence electrons. The summed E-state index contributed by atoms with van der Waals surface area (Å²) in [6, 6.07) is 11.7. The smallest absolute Gasteiger partial charge is 0.136 e. The molecule has 5 heteroatoms. The van der Waals surface area contributed by atoms with Gasteiger partial charge in [0.2, 0.25) is 0 Å². The minimum absolute atomic E-state index is 0.281. The van der Waals surface area contributed by atoms with Gasteiger partial charge in [-0.2, -0.15) is 0 Å². The van der Waals surface area contributed by atoms with E-state index in [1.54, 1.807) is 43.5 Å². The molecule has 0 aliphatic carbocycles. The predicted octanol–water partition coefficient (Wildman–Crippen LogP) is 3.67. The summed E-state index contributed by atoms with van der Waals surface area (Å²) in [6.07, 6.45) is -0.754. The number of benzene rings is 2. The van der Waals surface area contributed by atoms with Crippen LogP contribution in [0.15, 0.2) is 47.4 Å². The lowest BCUT2D eigenvalue weighted by atomic mass is 10.1. The van der Waals surface area contributed by atoms with Gasteiger partial charge in [0.05, 0.1) is 20.3 Å². The molecule has 2 rings (SSSR count). The first kappa shape index (κ1) is 15.7. The number of hydrogen-bond acceptors (Lipinski definition) is 4. The zero-order chi connectivity index (χ0) is 15.2. The van der Waals surface area contributed by atoms with E-state index in [0.717, 1.165) is 0 Å². The molecule has 1 N–H and O–H groups in total. The SMILES string of the molecule is COc1ccc(C(O)CSc2ccccc2F)c(OC)c1. The molecule has 0 aromatic heterocycles. The average Bonchev–Trinajstić information content (AvgIpc) is 2.53. The van der Waals surface area contributed by atoms with Crippen molar-refractivity contribution in [1.29, 1.82) is 0 Å². The van der Waals surface area contributed by atoms with Crippen LogP contribution in [-0.2, 0) is 0 Å². The molecule has 3 nitrogen and oxygen atoms in total. The van der Waals surface area contributed by atoms with Crippen molar-refractivity contribution in [3.63, 3.8) is 0 Å². The number of rotatable bonds is 6. The minimum atomic E-state index is -0.754. The van der Waals surface area contributed by atoms with Crippen LogP contribution in [0.25, 0.3) is 0 Å². The van der Waals surface area contributed by atoms with Crippen molar-refractivity contribution in [1.82, 2.24) is 0 Å². The van der Waals surface area contributed by atoms with Crippen LogP contribution in [0, 0.1) is 5.82 Å². The lowest BCUT2D eigenvalue weighted by Crippen LogP contribution is -2.04. The van der Waals surface area contributed by atoms with E-state index in [-0.39, 0.29) is 5.82 Å². The quantitative estimate of drug-likeness (QED) is 0.827. The van der Waals surface area contributed by atoms with E-state index in [4.69, 9.17) is 9.47 Å². The van der Waals surface area contributed by atoms with E-state index in [0.29, 0.717) is 27.7 Å². The Morgan fingerprint density at radius 3 is 2.57 bits per heavy atom. The monoisotopic (exact) mass is 308 g/mol. The summed E-state index contributed by atoms with van der Waals surface area (Å²) in [7, 11) is 3.11. The van der Waals surface area contributed by atoms with E-state index in [9.17, 15) is 9.50 Å². The van der Waals surface area contributed by atoms with Gasteiger partial charge in [-0.25, -0.2) is 4.39 Å². The van der Waals surface area contributed by atoms with E-state index in [1.165, 1.54) is 24.9 Å². The van der Waals surface area contributed by atoms with Crippen molar-refractivity contribution in [2.75, 3.05) is 20.0 Å². The molecule has 0 radical (unpaired) electrons. The lowest BCUT2D eigenvalue weighted by Gasteiger charge is -2.15. The Kier molecular flexibility index (Phi) is 5.47. The fourth-order valence-corrected chi connectivity index (χ4v) is 2.81. The van der Waals surface area contributed by atoms with Gasteiger partial charge in [-0.1, -0.05) is 12.1 Å². The molecule has 0 bridgehead atoms. The molecule has 1 atom stereocenters. The molecule has 0 spiro atoms. The van der Waals surface area contributed by atoms with Crippen LogP contribution in [0.1, 0.15) is 11.7 Å². The van der Waals surface area contributed by atoms with Gasteiger partial charge in [0.15, 0.2) is 0 Å². The number of methoxy groups -OCH3 is 2. The van der Waals surface area contributed by atoms with Gasteiger partial charge < -0.3 is 14.6 Å². The number of ether oxygens (including phenoxy) is 2. The molecule has 21 heavy (non-hydrogen) atoms. The summed E-state index contributed by atoms with van der Waals surface area (Å²) in [6.45, 7) is 0. The number of hydrogen-bond donors (Lipinski definition) is 1. The van der Waals surface area contributed by atoms with Crippen molar-refractivity contribution >= 4 is 11.8 Å². The van der Waals surface area contributed by atoms with Gasteiger partial charge >= 0.3 is 0 Å². The molecule has 2 aromatic rings. The Hall–Kier alpha value is -1.72. The maximum atomic E-state index is 13.5. The van der Waals surface area contributed by atoms with Crippen LogP contribution < -0.4 is 9.47 Å². The van der Waals surface area contributed by atoms with Gasteiger partial charge in [0.1, 0.15) is 17.3 Å². The zero-order valence-corrected chi connectivity index (χ0v) is 12.7. The highest BCUT2D eigenvalue weighted by Gasteiger charge is 2.15. The second-order valence-corrected chi connectivity index (χ2v) is 5.43. The third kappa shape index (κ3) is 3.89.